The van der Waals surface area contributed by atoms with E-state index >= 15 is 0 Å². The first-order chi connectivity index (χ1) is 8.56. The van der Waals surface area contributed by atoms with Gasteiger partial charge in [-0.1, -0.05) is 23.8 Å². The number of nitrogens with zero attached hydrogens (tertiary/aromatic N) is 1. The standard InChI is InChI=1S/C12H9BrClN3S/c13-9-3-1-7(14)5-11(9)17-8-2-4-10(12(15)18)16-6-8/h1-6,17H,(H2,15,18). The summed E-state index contributed by atoms with van der Waals surface area (Å²) >= 11 is 14.2. The summed E-state index contributed by atoms with van der Waals surface area (Å²) < 4.78 is 0.922. The highest BCUT2D eigenvalue weighted by Gasteiger charge is 2.03. The van der Waals surface area contributed by atoms with Crippen molar-refractivity contribution in [2.45, 2.75) is 0 Å². The Hall–Kier alpha value is -1.17. The zero-order valence-electron chi connectivity index (χ0n) is 9.15. The molecule has 1 aromatic carbocycles. The van der Waals surface area contributed by atoms with Crippen LogP contribution in [0.3, 0.4) is 0 Å². The Balaban J connectivity index is 2.23. The van der Waals surface area contributed by atoms with Gasteiger partial charge in [0.2, 0.25) is 0 Å². The lowest BCUT2D eigenvalue weighted by atomic mass is 10.3. The molecule has 0 fully saturated rings. The molecule has 1 heterocycles. The van der Waals surface area contributed by atoms with Crippen molar-refractivity contribution in [1.82, 2.24) is 4.98 Å². The van der Waals surface area contributed by atoms with Gasteiger partial charge in [0.15, 0.2) is 0 Å². The van der Waals surface area contributed by atoms with Crippen LogP contribution in [-0.2, 0) is 0 Å². The van der Waals surface area contributed by atoms with E-state index in [4.69, 9.17) is 29.6 Å². The summed E-state index contributed by atoms with van der Waals surface area (Å²) in [5.74, 6) is 0. The quantitative estimate of drug-likeness (QED) is 0.831. The highest BCUT2D eigenvalue weighted by atomic mass is 79.9. The summed E-state index contributed by atoms with van der Waals surface area (Å²) in [7, 11) is 0. The Morgan fingerprint density at radius 2 is 2.11 bits per heavy atom. The fourth-order valence-corrected chi connectivity index (χ4v) is 2.00. The zero-order chi connectivity index (χ0) is 13.1. The molecule has 0 radical (unpaired) electrons. The van der Waals surface area contributed by atoms with Crippen LogP contribution in [0.4, 0.5) is 11.4 Å². The monoisotopic (exact) mass is 341 g/mol. The smallest absolute Gasteiger partial charge is 0.122 e. The van der Waals surface area contributed by atoms with Crippen LogP contribution < -0.4 is 11.1 Å². The van der Waals surface area contributed by atoms with E-state index in [1.807, 2.05) is 24.3 Å². The van der Waals surface area contributed by atoms with E-state index in [1.165, 1.54) is 0 Å². The summed E-state index contributed by atoms with van der Waals surface area (Å²) in [5.41, 5.74) is 7.78. The van der Waals surface area contributed by atoms with Gasteiger partial charge >= 0.3 is 0 Å². The van der Waals surface area contributed by atoms with Crippen LogP contribution >= 0.6 is 39.7 Å². The van der Waals surface area contributed by atoms with Crippen LogP contribution in [0.5, 0.6) is 0 Å². The second-order valence-corrected chi connectivity index (χ2v) is 5.28. The number of aromatic nitrogens is 1. The number of anilines is 2. The fraction of sp³-hybridized carbons (Fsp3) is 0. The van der Waals surface area contributed by atoms with Crippen LogP contribution in [-0.4, -0.2) is 9.97 Å². The number of rotatable bonds is 3. The van der Waals surface area contributed by atoms with E-state index in [9.17, 15) is 0 Å². The van der Waals surface area contributed by atoms with Gasteiger partial charge in [-0.25, -0.2) is 0 Å². The molecule has 0 atom stereocenters. The summed E-state index contributed by atoms with van der Waals surface area (Å²) in [4.78, 5) is 4.43. The first-order valence-corrected chi connectivity index (χ1v) is 6.62. The SMILES string of the molecule is NC(=S)c1ccc(Nc2cc(Cl)ccc2Br)cn1. The molecular formula is C12H9BrClN3S. The molecule has 92 valence electrons. The Kier molecular flexibility index (Phi) is 4.16. The van der Waals surface area contributed by atoms with E-state index in [2.05, 4.69) is 26.2 Å². The molecule has 1 aromatic heterocycles. The molecule has 0 aliphatic carbocycles. The van der Waals surface area contributed by atoms with Gasteiger partial charge in [0, 0.05) is 9.50 Å². The second-order valence-electron chi connectivity index (χ2n) is 3.55. The molecule has 3 N–H and O–H groups in total. The van der Waals surface area contributed by atoms with Gasteiger partial charge < -0.3 is 11.1 Å². The number of hydrogen-bond donors (Lipinski definition) is 2. The molecule has 0 aliphatic heterocycles. The van der Waals surface area contributed by atoms with Gasteiger partial charge in [-0.05, 0) is 46.3 Å². The highest BCUT2D eigenvalue weighted by Crippen LogP contribution is 2.28. The summed E-state index contributed by atoms with van der Waals surface area (Å²) in [6.07, 6.45) is 1.67. The molecule has 0 saturated carbocycles. The third kappa shape index (κ3) is 3.19. The van der Waals surface area contributed by atoms with Crippen molar-refractivity contribution in [3.63, 3.8) is 0 Å². The minimum absolute atomic E-state index is 0.283. The molecule has 0 aliphatic rings. The number of halogens is 2. The van der Waals surface area contributed by atoms with Crippen molar-refractivity contribution < 1.29 is 0 Å². The minimum Gasteiger partial charge on any atom is -0.388 e. The van der Waals surface area contributed by atoms with Crippen LogP contribution in [0, 0.1) is 0 Å². The average Bonchev–Trinajstić information content (AvgIpc) is 2.34. The third-order valence-electron chi connectivity index (χ3n) is 2.22. The maximum absolute atomic E-state index is 5.94. The summed E-state index contributed by atoms with van der Waals surface area (Å²) in [6, 6.07) is 9.14. The molecule has 0 bridgehead atoms. The lowest BCUT2D eigenvalue weighted by molar-refractivity contribution is 1.29. The Morgan fingerprint density at radius 3 is 2.72 bits per heavy atom. The van der Waals surface area contributed by atoms with Crippen LogP contribution in [0.15, 0.2) is 41.0 Å². The largest absolute Gasteiger partial charge is 0.388 e. The molecule has 0 saturated heterocycles. The first-order valence-electron chi connectivity index (χ1n) is 5.04. The number of thiocarbonyl (C=S) groups is 1. The van der Waals surface area contributed by atoms with E-state index in [0.717, 1.165) is 15.8 Å². The van der Waals surface area contributed by atoms with E-state index in [1.54, 1.807) is 12.3 Å². The van der Waals surface area contributed by atoms with Crippen molar-refractivity contribution in [1.29, 1.82) is 0 Å². The topological polar surface area (TPSA) is 50.9 Å². The van der Waals surface area contributed by atoms with Crippen molar-refractivity contribution in [3.8, 4) is 0 Å². The number of pyridine rings is 1. The van der Waals surface area contributed by atoms with Gasteiger partial charge in [0.25, 0.3) is 0 Å². The normalized spacial score (nSPS) is 10.1. The molecule has 2 aromatic rings. The molecular weight excluding hydrogens is 334 g/mol. The van der Waals surface area contributed by atoms with Crippen molar-refractivity contribution in [3.05, 3.63) is 51.7 Å². The second kappa shape index (κ2) is 5.65. The molecule has 0 spiro atoms. The highest BCUT2D eigenvalue weighted by molar-refractivity contribution is 9.10. The predicted octanol–water partition coefficient (Wildman–Crippen LogP) is 3.88. The number of hydrogen-bond acceptors (Lipinski definition) is 3. The van der Waals surface area contributed by atoms with Crippen LogP contribution in [0.1, 0.15) is 5.69 Å². The molecule has 0 unspecified atom stereocenters. The zero-order valence-corrected chi connectivity index (χ0v) is 12.3. The number of nitrogens with one attached hydrogen (secondary N) is 1. The van der Waals surface area contributed by atoms with Gasteiger partial charge in [-0.15, -0.1) is 0 Å². The maximum atomic E-state index is 5.94. The van der Waals surface area contributed by atoms with Crippen molar-refractivity contribution >= 4 is 56.1 Å². The Bertz CT molecular complexity index is 586. The first kappa shape index (κ1) is 13.3. The van der Waals surface area contributed by atoms with Gasteiger partial charge in [-0.2, -0.15) is 0 Å². The summed E-state index contributed by atoms with van der Waals surface area (Å²) in [5, 5.41) is 3.86. The van der Waals surface area contributed by atoms with Crippen molar-refractivity contribution in [2.24, 2.45) is 5.73 Å². The molecule has 3 nitrogen and oxygen atoms in total. The maximum Gasteiger partial charge on any atom is 0.122 e. The van der Waals surface area contributed by atoms with E-state index in [0.29, 0.717) is 10.7 Å². The minimum atomic E-state index is 0.283. The lowest BCUT2D eigenvalue weighted by Crippen LogP contribution is -2.11. The Labute approximate surface area is 123 Å². The van der Waals surface area contributed by atoms with E-state index in [-0.39, 0.29) is 4.99 Å². The number of nitrogens with two attached hydrogens (primary N) is 1. The molecule has 6 heteroatoms. The van der Waals surface area contributed by atoms with Crippen LogP contribution in [0.2, 0.25) is 5.02 Å². The van der Waals surface area contributed by atoms with Gasteiger partial charge in [-0.3, -0.25) is 4.98 Å². The molecule has 2 rings (SSSR count). The van der Waals surface area contributed by atoms with Gasteiger partial charge in [0.1, 0.15) is 4.99 Å². The fourth-order valence-electron chi connectivity index (χ4n) is 1.36. The lowest BCUT2D eigenvalue weighted by Gasteiger charge is -2.09. The van der Waals surface area contributed by atoms with Crippen molar-refractivity contribution in [2.75, 3.05) is 5.32 Å². The number of benzene rings is 1. The van der Waals surface area contributed by atoms with Gasteiger partial charge in [0.05, 0.1) is 23.3 Å². The predicted molar refractivity (Wildman–Crippen MR) is 82.6 cm³/mol. The Morgan fingerprint density at radius 1 is 1.33 bits per heavy atom. The van der Waals surface area contributed by atoms with E-state index < -0.39 is 0 Å². The summed E-state index contributed by atoms with van der Waals surface area (Å²) in [6.45, 7) is 0. The van der Waals surface area contributed by atoms with Crippen LogP contribution in [0.25, 0.3) is 0 Å². The average molecular weight is 343 g/mol. The molecule has 0 amide bonds. The third-order valence-corrected chi connectivity index (χ3v) is 3.36. The molecule has 18 heavy (non-hydrogen) atoms.